The van der Waals surface area contributed by atoms with Crippen LogP contribution in [0, 0.1) is 0 Å². The van der Waals surface area contributed by atoms with Crippen molar-refractivity contribution in [3.05, 3.63) is 53.2 Å². The predicted molar refractivity (Wildman–Crippen MR) is 112 cm³/mol. The van der Waals surface area contributed by atoms with Crippen LogP contribution in [0.25, 0.3) is 0 Å². The van der Waals surface area contributed by atoms with Gasteiger partial charge in [-0.2, -0.15) is 0 Å². The zero-order valence-electron chi connectivity index (χ0n) is 17.8. The van der Waals surface area contributed by atoms with Crippen molar-refractivity contribution in [3.63, 3.8) is 0 Å². The number of hydrogen-bond donors (Lipinski definition) is 0. The molecule has 0 aliphatic carbocycles. The lowest BCUT2D eigenvalue weighted by molar-refractivity contribution is 0.00578. The summed E-state index contributed by atoms with van der Waals surface area (Å²) >= 11 is 0. The summed E-state index contributed by atoms with van der Waals surface area (Å²) in [6.07, 6.45) is 3.77. The fourth-order valence-corrected chi connectivity index (χ4v) is 3.72. The minimum absolute atomic E-state index is 0.0592. The van der Waals surface area contributed by atoms with Crippen molar-refractivity contribution in [1.82, 2.24) is 4.98 Å². The molecular weight excluding hydrogens is 349 g/mol. The third-order valence-corrected chi connectivity index (χ3v) is 6.38. The Morgan fingerprint density at radius 2 is 1.68 bits per heavy atom. The second-order valence-electron chi connectivity index (χ2n) is 9.29. The Morgan fingerprint density at radius 3 is 2.29 bits per heavy atom. The fraction of sp³-hybridized carbons (Fsp3) is 0.522. The number of nitrogens with zero attached hydrogens (tertiary/aromatic N) is 1. The lowest BCUT2D eigenvalue weighted by atomic mass is 9.79. The summed E-state index contributed by atoms with van der Waals surface area (Å²) in [5, 5.41) is 0. The molecule has 3 heterocycles. The summed E-state index contributed by atoms with van der Waals surface area (Å²) in [5.41, 5.74) is 3.95. The Hall–Kier alpha value is -1.85. The molecule has 2 aromatic rings. The summed E-state index contributed by atoms with van der Waals surface area (Å²) < 4.78 is 18.5. The smallest absolute Gasteiger partial charge is 0.469 e. The standard InChI is InChI=1S/C23H30BNO3/c1-15(2)16-7-9-17(10-8-16)20-12-11-18-13-19(14-25-21(18)26-20)24-27-22(3,4)23(5,6)28-24/h7-10,13-15,20H,11-12H2,1-6H3. The maximum Gasteiger partial charge on any atom is 0.496 e. The van der Waals surface area contributed by atoms with Crippen LogP contribution in [0.4, 0.5) is 0 Å². The van der Waals surface area contributed by atoms with Gasteiger partial charge in [0.05, 0.1) is 11.2 Å². The van der Waals surface area contributed by atoms with E-state index < -0.39 is 0 Å². The Morgan fingerprint density at radius 1 is 1.04 bits per heavy atom. The highest BCUT2D eigenvalue weighted by molar-refractivity contribution is 6.62. The van der Waals surface area contributed by atoms with Crippen LogP contribution in [-0.4, -0.2) is 23.3 Å². The molecule has 0 radical (unpaired) electrons. The summed E-state index contributed by atoms with van der Waals surface area (Å²) in [4.78, 5) is 4.60. The highest BCUT2D eigenvalue weighted by Crippen LogP contribution is 2.37. The molecule has 0 bridgehead atoms. The van der Waals surface area contributed by atoms with Gasteiger partial charge >= 0.3 is 7.12 Å². The first-order valence-electron chi connectivity index (χ1n) is 10.3. The van der Waals surface area contributed by atoms with Gasteiger partial charge in [-0.1, -0.05) is 44.2 Å². The Bertz CT molecular complexity index is 845. The molecule has 1 fully saturated rings. The van der Waals surface area contributed by atoms with Crippen molar-refractivity contribution in [1.29, 1.82) is 0 Å². The van der Waals surface area contributed by atoms with Crippen LogP contribution in [0.2, 0.25) is 0 Å². The van der Waals surface area contributed by atoms with E-state index >= 15 is 0 Å². The van der Waals surface area contributed by atoms with Gasteiger partial charge in [-0.15, -0.1) is 0 Å². The van der Waals surface area contributed by atoms with Crippen molar-refractivity contribution in [2.45, 2.75) is 77.6 Å². The predicted octanol–water partition coefficient (Wildman–Crippen LogP) is 4.57. The molecule has 2 aliphatic heterocycles. The van der Waals surface area contributed by atoms with E-state index in [1.807, 2.05) is 6.20 Å². The van der Waals surface area contributed by atoms with E-state index in [1.165, 1.54) is 11.1 Å². The minimum Gasteiger partial charge on any atom is -0.469 e. The van der Waals surface area contributed by atoms with Crippen molar-refractivity contribution >= 4 is 12.6 Å². The van der Waals surface area contributed by atoms with Crippen LogP contribution in [-0.2, 0) is 15.7 Å². The first-order valence-corrected chi connectivity index (χ1v) is 10.3. The van der Waals surface area contributed by atoms with Gasteiger partial charge < -0.3 is 14.0 Å². The summed E-state index contributed by atoms with van der Waals surface area (Å²) in [7, 11) is -0.385. The molecule has 1 aromatic heterocycles. The Labute approximate surface area is 168 Å². The van der Waals surface area contributed by atoms with E-state index in [9.17, 15) is 0 Å². The lowest BCUT2D eigenvalue weighted by Gasteiger charge is -2.32. The summed E-state index contributed by atoms with van der Waals surface area (Å²) in [6.45, 7) is 12.7. The van der Waals surface area contributed by atoms with Crippen LogP contribution in [0.3, 0.4) is 0 Å². The number of pyridine rings is 1. The normalized spacial score (nSPS) is 22.8. The number of aryl methyl sites for hydroxylation is 1. The molecule has 0 amide bonds. The van der Waals surface area contributed by atoms with Crippen LogP contribution in [0.15, 0.2) is 36.5 Å². The molecule has 148 valence electrons. The molecule has 28 heavy (non-hydrogen) atoms. The topological polar surface area (TPSA) is 40.6 Å². The monoisotopic (exact) mass is 379 g/mol. The zero-order chi connectivity index (χ0) is 20.1. The first-order chi connectivity index (χ1) is 13.2. The fourth-order valence-electron chi connectivity index (χ4n) is 3.72. The van der Waals surface area contributed by atoms with E-state index in [1.54, 1.807) is 0 Å². The lowest BCUT2D eigenvalue weighted by Crippen LogP contribution is -2.41. The molecule has 4 rings (SSSR count). The maximum absolute atomic E-state index is 6.23. The highest BCUT2D eigenvalue weighted by Gasteiger charge is 2.52. The Balaban J connectivity index is 1.51. The molecule has 5 heteroatoms. The third kappa shape index (κ3) is 3.46. The van der Waals surface area contributed by atoms with Crippen LogP contribution in [0.5, 0.6) is 5.88 Å². The maximum atomic E-state index is 6.23. The molecule has 1 unspecified atom stereocenters. The van der Waals surface area contributed by atoms with Gasteiger partial charge in [-0.3, -0.25) is 0 Å². The molecule has 0 N–H and O–H groups in total. The number of aromatic nitrogens is 1. The van der Waals surface area contributed by atoms with Gasteiger partial charge in [0.25, 0.3) is 0 Å². The largest absolute Gasteiger partial charge is 0.496 e. The van der Waals surface area contributed by atoms with Gasteiger partial charge in [0.2, 0.25) is 5.88 Å². The SMILES string of the molecule is CC(C)c1ccc(C2CCc3cc(B4OC(C)(C)C(C)(C)O4)cnc3O2)cc1. The minimum atomic E-state index is -0.385. The van der Waals surface area contributed by atoms with Gasteiger partial charge in [0, 0.05) is 17.2 Å². The second-order valence-corrected chi connectivity index (χ2v) is 9.29. The molecule has 1 saturated heterocycles. The average Bonchev–Trinajstić information content (AvgIpc) is 2.88. The molecule has 0 spiro atoms. The van der Waals surface area contributed by atoms with Crippen molar-refractivity contribution in [2.24, 2.45) is 0 Å². The molecule has 4 nitrogen and oxygen atoms in total. The molecule has 1 aromatic carbocycles. The quantitative estimate of drug-likeness (QED) is 0.733. The number of benzene rings is 1. The van der Waals surface area contributed by atoms with E-state index in [4.69, 9.17) is 14.0 Å². The second kappa shape index (κ2) is 6.89. The third-order valence-electron chi connectivity index (χ3n) is 6.38. The molecule has 0 saturated carbocycles. The number of fused-ring (bicyclic) bond motifs is 1. The summed E-state index contributed by atoms with van der Waals surface area (Å²) in [5.74, 6) is 1.27. The number of hydrogen-bond acceptors (Lipinski definition) is 4. The summed E-state index contributed by atoms with van der Waals surface area (Å²) in [6, 6.07) is 10.9. The van der Waals surface area contributed by atoms with Crippen LogP contribution in [0.1, 0.15) is 76.7 Å². The van der Waals surface area contributed by atoms with E-state index in [-0.39, 0.29) is 24.4 Å². The number of ether oxygens (including phenoxy) is 1. The zero-order valence-corrected chi connectivity index (χ0v) is 17.8. The van der Waals surface area contributed by atoms with Crippen molar-refractivity contribution in [3.8, 4) is 5.88 Å². The molecule has 2 aliphatic rings. The van der Waals surface area contributed by atoms with Gasteiger partial charge in [0.15, 0.2) is 0 Å². The molecule has 1 atom stereocenters. The average molecular weight is 379 g/mol. The van der Waals surface area contributed by atoms with E-state index in [0.717, 1.165) is 29.7 Å². The van der Waals surface area contributed by atoms with Gasteiger partial charge in [-0.25, -0.2) is 4.98 Å². The van der Waals surface area contributed by atoms with Crippen LogP contribution >= 0.6 is 0 Å². The Kier molecular flexibility index (Phi) is 4.79. The van der Waals surface area contributed by atoms with Crippen molar-refractivity contribution in [2.75, 3.05) is 0 Å². The van der Waals surface area contributed by atoms with Gasteiger partial charge in [0.1, 0.15) is 6.10 Å². The van der Waals surface area contributed by atoms with Crippen molar-refractivity contribution < 1.29 is 14.0 Å². The van der Waals surface area contributed by atoms with E-state index in [0.29, 0.717) is 5.92 Å². The van der Waals surface area contributed by atoms with Crippen LogP contribution < -0.4 is 10.2 Å². The highest BCUT2D eigenvalue weighted by atomic mass is 16.7. The number of rotatable bonds is 3. The van der Waals surface area contributed by atoms with E-state index in [2.05, 4.69) is 76.9 Å². The first kappa shape index (κ1) is 19.5. The molecular formula is C23H30BNO3. The van der Waals surface area contributed by atoms with Gasteiger partial charge in [-0.05, 0) is 57.6 Å².